The molecular weight excluding hydrogens is 489 g/mol. The summed E-state index contributed by atoms with van der Waals surface area (Å²) in [5.41, 5.74) is 3.18. The molecule has 0 atom stereocenters. The minimum Gasteiger partial charge on any atom is -0.465 e. The molecule has 3 aromatic rings. The number of aryl methyl sites for hydroxylation is 2. The number of thiocarbonyl (C=S) groups is 1. The first-order chi connectivity index (χ1) is 16.6. The number of halogens is 1. The topological polar surface area (TPSA) is 80.6 Å². The quantitative estimate of drug-likeness (QED) is 0.241. The Morgan fingerprint density at radius 2 is 1.86 bits per heavy atom. The van der Waals surface area contributed by atoms with E-state index in [1.807, 2.05) is 38.3 Å². The van der Waals surface area contributed by atoms with Crippen LogP contribution in [0.2, 0.25) is 0 Å². The van der Waals surface area contributed by atoms with Crippen LogP contribution in [0.4, 0.5) is 10.1 Å². The average molecular weight is 512 g/mol. The third-order valence-corrected chi connectivity index (χ3v) is 7.40. The summed E-state index contributed by atoms with van der Waals surface area (Å²) < 4.78 is 21.3. The Bertz CT molecular complexity index is 1450. The number of para-hydroxylation sites is 1. The van der Waals surface area contributed by atoms with E-state index in [-0.39, 0.29) is 16.4 Å². The lowest BCUT2D eigenvalue weighted by Crippen LogP contribution is -2.54. The van der Waals surface area contributed by atoms with Gasteiger partial charge >= 0.3 is 5.97 Å². The van der Waals surface area contributed by atoms with Gasteiger partial charge in [-0.3, -0.25) is 14.9 Å². The molecule has 0 bridgehead atoms. The maximum absolute atomic E-state index is 14.4. The van der Waals surface area contributed by atoms with Crippen molar-refractivity contribution < 1.29 is 23.5 Å². The van der Waals surface area contributed by atoms with E-state index in [9.17, 15) is 18.8 Å². The minimum atomic E-state index is -0.730. The lowest BCUT2D eigenvalue weighted by atomic mass is 10.1. The number of rotatable bonds is 4. The molecule has 4 rings (SSSR count). The summed E-state index contributed by atoms with van der Waals surface area (Å²) in [5, 5.41) is 2.97. The molecule has 0 spiro atoms. The van der Waals surface area contributed by atoms with Crippen molar-refractivity contribution in [2.75, 3.05) is 12.0 Å². The van der Waals surface area contributed by atoms with Crippen molar-refractivity contribution in [3.05, 3.63) is 74.7 Å². The molecule has 0 radical (unpaired) electrons. The summed E-state index contributed by atoms with van der Waals surface area (Å²) in [7, 11) is 1.34. The Morgan fingerprint density at radius 1 is 1.17 bits per heavy atom. The van der Waals surface area contributed by atoms with E-state index >= 15 is 0 Å². The number of carbonyl (C=O) groups is 3. The fourth-order valence-electron chi connectivity index (χ4n) is 4.02. The highest BCUT2D eigenvalue weighted by Gasteiger charge is 2.36. The van der Waals surface area contributed by atoms with Crippen LogP contribution >= 0.6 is 23.6 Å². The van der Waals surface area contributed by atoms with Crippen LogP contribution in [0.15, 0.2) is 35.9 Å². The number of aromatic nitrogens is 1. The Labute approximate surface area is 210 Å². The Kier molecular flexibility index (Phi) is 6.44. The second-order valence-corrected chi connectivity index (χ2v) is 9.62. The second kappa shape index (κ2) is 9.20. The summed E-state index contributed by atoms with van der Waals surface area (Å²) >= 11 is 6.61. The van der Waals surface area contributed by atoms with E-state index < -0.39 is 23.6 Å². The third-order valence-electron chi connectivity index (χ3n) is 5.92. The van der Waals surface area contributed by atoms with Crippen LogP contribution in [0.3, 0.4) is 0 Å². The van der Waals surface area contributed by atoms with E-state index in [4.69, 9.17) is 17.0 Å². The van der Waals surface area contributed by atoms with Crippen LogP contribution in [0.25, 0.3) is 11.1 Å². The number of amides is 2. The first-order valence-electron chi connectivity index (χ1n) is 10.6. The average Bonchev–Trinajstić information content (AvgIpc) is 3.25. The second-order valence-electron chi connectivity index (χ2n) is 8.03. The first-order valence-corrected chi connectivity index (χ1v) is 11.8. The van der Waals surface area contributed by atoms with Gasteiger partial charge in [-0.25, -0.2) is 14.1 Å². The van der Waals surface area contributed by atoms with Crippen LogP contribution in [0.1, 0.15) is 37.7 Å². The van der Waals surface area contributed by atoms with Gasteiger partial charge < -0.3 is 9.30 Å². The van der Waals surface area contributed by atoms with Crippen molar-refractivity contribution in [3.8, 4) is 5.00 Å². The molecule has 1 aromatic carbocycles. The maximum atomic E-state index is 14.4. The number of hydrogen-bond acceptors (Lipinski definition) is 6. The molecule has 1 saturated heterocycles. The molecule has 10 heteroatoms. The fourth-order valence-corrected chi connectivity index (χ4v) is 5.55. The van der Waals surface area contributed by atoms with Crippen molar-refractivity contribution in [1.29, 1.82) is 0 Å². The molecule has 2 amide bonds. The van der Waals surface area contributed by atoms with Gasteiger partial charge in [0.2, 0.25) is 0 Å². The Hall–Kier alpha value is -3.63. The number of hydrogen-bond donors (Lipinski definition) is 1. The lowest BCUT2D eigenvalue weighted by Gasteiger charge is -2.29. The van der Waals surface area contributed by atoms with Crippen molar-refractivity contribution in [3.63, 3.8) is 0 Å². The molecule has 0 saturated carbocycles. The van der Waals surface area contributed by atoms with Gasteiger partial charge in [-0.05, 0) is 75.3 Å². The molecule has 0 aliphatic carbocycles. The smallest absolute Gasteiger partial charge is 0.341 e. The van der Waals surface area contributed by atoms with Crippen LogP contribution in [-0.2, 0) is 14.3 Å². The molecule has 1 N–H and O–H groups in total. The lowest BCUT2D eigenvalue weighted by molar-refractivity contribution is -0.122. The van der Waals surface area contributed by atoms with Gasteiger partial charge in [0.05, 0.1) is 18.4 Å². The van der Waals surface area contributed by atoms with Crippen molar-refractivity contribution >= 4 is 58.2 Å². The fraction of sp³-hybridized carbons (Fsp3) is 0.200. The molecule has 2 aromatic heterocycles. The zero-order valence-corrected chi connectivity index (χ0v) is 21.3. The van der Waals surface area contributed by atoms with Crippen molar-refractivity contribution in [2.45, 2.75) is 27.7 Å². The number of benzene rings is 1. The van der Waals surface area contributed by atoms with Gasteiger partial charge in [0, 0.05) is 16.3 Å². The van der Waals surface area contributed by atoms with Crippen LogP contribution in [-0.4, -0.2) is 34.6 Å². The Morgan fingerprint density at radius 3 is 2.51 bits per heavy atom. The van der Waals surface area contributed by atoms with E-state index in [1.54, 1.807) is 6.07 Å². The molecule has 3 heterocycles. The molecular formula is C25H22FN3O4S2. The van der Waals surface area contributed by atoms with Gasteiger partial charge in [0.1, 0.15) is 16.4 Å². The van der Waals surface area contributed by atoms with E-state index in [0.717, 1.165) is 21.0 Å². The van der Waals surface area contributed by atoms with Crippen LogP contribution in [0.5, 0.6) is 0 Å². The highest BCUT2D eigenvalue weighted by atomic mass is 32.1. The van der Waals surface area contributed by atoms with Crippen LogP contribution in [0, 0.1) is 33.5 Å². The number of nitrogens with one attached hydrogen (secondary N) is 1. The van der Waals surface area contributed by atoms with Crippen molar-refractivity contribution in [2.24, 2.45) is 0 Å². The first kappa shape index (κ1) is 24.5. The number of thiophene rings is 1. The standard InChI is InChI=1S/C25H22FN3O4S2/c1-12-10-16(14(3)28(12)23-20(24(32)33-5)13(2)15(4)35-23)11-17-21(30)27-25(34)29(22(17)31)19-9-7-6-8-18(19)26/h6-11H,1-5H3,(H,27,30,34)/b17-11+. The largest absolute Gasteiger partial charge is 0.465 e. The highest BCUT2D eigenvalue weighted by molar-refractivity contribution is 7.80. The number of ether oxygens (including phenoxy) is 1. The summed E-state index contributed by atoms with van der Waals surface area (Å²) in [5.74, 6) is -2.48. The van der Waals surface area contributed by atoms with Crippen LogP contribution < -0.4 is 10.2 Å². The van der Waals surface area contributed by atoms with Gasteiger partial charge in [-0.15, -0.1) is 11.3 Å². The van der Waals surface area contributed by atoms with E-state index in [1.165, 1.54) is 42.7 Å². The summed E-state index contributed by atoms with van der Waals surface area (Å²) in [4.78, 5) is 40.5. The van der Waals surface area contributed by atoms with Crippen molar-refractivity contribution in [1.82, 2.24) is 9.88 Å². The monoisotopic (exact) mass is 511 g/mol. The molecule has 0 unspecified atom stereocenters. The number of anilines is 1. The summed E-state index contributed by atoms with van der Waals surface area (Å²) in [6.45, 7) is 7.49. The zero-order chi connectivity index (χ0) is 25.6. The summed E-state index contributed by atoms with van der Waals surface area (Å²) in [6.07, 6.45) is 1.46. The predicted molar refractivity (Wildman–Crippen MR) is 137 cm³/mol. The number of nitrogens with zero attached hydrogens (tertiary/aromatic N) is 2. The van der Waals surface area contributed by atoms with E-state index in [0.29, 0.717) is 21.8 Å². The number of carbonyl (C=O) groups excluding carboxylic acids is 3. The maximum Gasteiger partial charge on any atom is 0.341 e. The highest BCUT2D eigenvalue weighted by Crippen LogP contribution is 2.35. The van der Waals surface area contributed by atoms with Gasteiger partial charge in [-0.1, -0.05) is 12.1 Å². The van der Waals surface area contributed by atoms with Gasteiger partial charge in [0.15, 0.2) is 5.11 Å². The van der Waals surface area contributed by atoms with Gasteiger partial charge in [0.25, 0.3) is 11.8 Å². The molecule has 1 aliphatic rings. The van der Waals surface area contributed by atoms with Gasteiger partial charge in [-0.2, -0.15) is 0 Å². The third kappa shape index (κ3) is 4.08. The van der Waals surface area contributed by atoms with E-state index in [2.05, 4.69) is 5.32 Å². The molecule has 180 valence electrons. The minimum absolute atomic E-state index is 0.0499. The zero-order valence-electron chi connectivity index (χ0n) is 19.7. The molecule has 7 nitrogen and oxygen atoms in total. The summed E-state index contributed by atoms with van der Waals surface area (Å²) in [6, 6.07) is 7.51. The molecule has 35 heavy (non-hydrogen) atoms. The number of esters is 1. The normalized spacial score (nSPS) is 15.1. The molecule has 1 aliphatic heterocycles. The Balaban J connectivity index is 1.83. The SMILES string of the molecule is COC(=O)c1c(-n2c(C)cc(/C=C3\C(=O)NC(=S)N(c4ccccc4F)C3=O)c2C)sc(C)c1C. The molecule has 1 fully saturated rings. The number of methoxy groups -OCH3 is 1. The predicted octanol–water partition coefficient (Wildman–Crippen LogP) is 4.53.